The molecule has 0 N–H and O–H groups in total. The second kappa shape index (κ2) is 8.03. The van der Waals surface area contributed by atoms with Crippen LogP contribution in [-0.4, -0.2) is 8.07 Å². The van der Waals surface area contributed by atoms with Gasteiger partial charge in [-0.2, -0.15) is 0 Å². The molecule has 0 saturated heterocycles. The van der Waals surface area contributed by atoms with Crippen LogP contribution in [0.5, 0.6) is 0 Å². The number of rotatable bonds is 7. The van der Waals surface area contributed by atoms with E-state index in [4.69, 9.17) is 0 Å². The summed E-state index contributed by atoms with van der Waals surface area (Å²) >= 11 is 2.29. The van der Waals surface area contributed by atoms with Crippen molar-refractivity contribution in [3.05, 3.63) is 10.2 Å². The van der Waals surface area contributed by atoms with Crippen LogP contribution in [0.1, 0.15) is 32.1 Å². The molecule has 0 fully saturated rings. The average molecular weight is 310 g/mol. The first-order chi connectivity index (χ1) is 6.06. The molecule has 0 aromatic carbocycles. The van der Waals surface area contributed by atoms with Crippen molar-refractivity contribution in [3.8, 4) is 0 Å². The Balaban J connectivity index is 3.09. The highest BCUT2D eigenvalue weighted by Crippen LogP contribution is 2.15. The molecular weight excluding hydrogens is 287 g/mol. The fourth-order valence-electron chi connectivity index (χ4n) is 1.33. The second-order valence-electron chi connectivity index (χ2n) is 4.88. The Kier molecular flexibility index (Phi) is 8.46. The van der Waals surface area contributed by atoms with Gasteiger partial charge in [-0.3, -0.25) is 0 Å². The monoisotopic (exact) mass is 310 g/mol. The fourth-order valence-corrected chi connectivity index (χ4v) is 3.00. The van der Waals surface area contributed by atoms with Crippen molar-refractivity contribution in [2.24, 2.45) is 0 Å². The summed E-state index contributed by atoms with van der Waals surface area (Å²) in [4.78, 5) is 0. The van der Waals surface area contributed by atoms with E-state index in [-0.39, 0.29) is 0 Å². The molecule has 0 aliphatic carbocycles. The summed E-state index contributed by atoms with van der Waals surface area (Å²) in [6.45, 7) is 7.39. The van der Waals surface area contributed by atoms with Crippen molar-refractivity contribution in [3.63, 3.8) is 0 Å². The summed E-state index contributed by atoms with van der Waals surface area (Å²) in [7, 11) is -0.748. The van der Waals surface area contributed by atoms with Crippen LogP contribution in [0.15, 0.2) is 10.2 Å². The van der Waals surface area contributed by atoms with Crippen LogP contribution in [0.4, 0.5) is 0 Å². The minimum absolute atomic E-state index is 0.748. The van der Waals surface area contributed by atoms with Crippen molar-refractivity contribution in [1.29, 1.82) is 0 Å². The van der Waals surface area contributed by atoms with Gasteiger partial charge in [0.25, 0.3) is 0 Å². The summed E-state index contributed by atoms with van der Waals surface area (Å²) in [5.41, 5.74) is 0. The van der Waals surface area contributed by atoms with Crippen molar-refractivity contribution in [1.82, 2.24) is 0 Å². The molecule has 0 saturated carbocycles. The van der Waals surface area contributed by atoms with Gasteiger partial charge < -0.3 is 0 Å². The minimum Gasteiger partial charge on any atom is -0.0785 e. The molecule has 13 heavy (non-hydrogen) atoms. The van der Waals surface area contributed by atoms with Crippen molar-refractivity contribution >= 4 is 30.7 Å². The smallest absolute Gasteiger partial charge is 0.0442 e. The first-order valence-corrected chi connectivity index (χ1v) is 10.3. The Morgan fingerprint density at radius 2 is 1.62 bits per heavy atom. The van der Waals surface area contributed by atoms with Crippen LogP contribution in [0.2, 0.25) is 25.7 Å². The van der Waals surface area contributed by atoms with Gasteiger partial charge in [0.15, 0.2) is 0 Å². The van der Waals surface area contributed by atoms with Gasteiger partial charge in [0.2, 0.25) is 0 Å². The van der Waals surface area contributed by atoms with E-state index in [0.29, 0.717) is 0 Å². The van der Waals surface area contributed by atoms with Gasteiger partial charge in [-0.15, -0.1) is 0 Å². The molecule has 0 atom stereocenters. The molecule has 0 aliphatic rings. The zero-order valence-corrected chi connectivity index (χ0v) is 12.4. The Morgan fingerprint density at radius 1 is 1.00 bits per heavy atom. The molecule has 0 spiro atoms. The van der Waals surface area contributed by atoms with Crippen LogP contribution < -0.4 is 0 Å². The standard InChI is InChI=1S/C11H23ISi/c1-13(2,3)11-9-7-5-4-6-8-10-12/h8,10H,4-7,9,11H2,1-3H3. The summed E-state index contributed by atoms with van der Waals surface area (Å²) in [5.74, 6) is 0. The van der Waals surface area contributed by atoms with E-state index in [0.717, 1.165) is 0 Å². The number of unbranched alkanes of at least 4 members (excludes halogenated alkanes) is 4. The normalized spacial score (nSPS) is 12.6. The Hall–Kier alpha value is 0.687. The van der Waals surface area contributed by atoms with E-state index >= 15 is 0 Å². The molecule has 0 radical (unpaired) electrons. The highest BCUT2D eigenvalue weighted by Gasteiger charge is 2.11. The van der Waals surface area contributed by atoms with Crippen LogP contribution in [0, 0.1) is 0 Å². The molecule has 0 unspecified atom stereocenters. The lowest BCUT2D eigenvalue weighted by Crippen LogP contribution is -2.18. The van der Waals surface area contributed by atoms with Crippen molar-refractivity contribution < 1.29 is 0 Å². The number of halogens is 1. The summed E-state index contributed by atoms with van der Waals surface area (Å²) in [6, 6.07) is 1.51. The van der Waals surface area contributed by atoms with Gasteiger partial charge in [-0.25, -0.2) is 0 Å². The molecule has 0 amide bonds. The highest BCUT2D eigenvalue weighted by molar-refractivity contribution is 14.1. The number of allylic oxidation sites excluding steroid dienone is 1. The van der Waals surface area contributed by atoms with Gasteiger partial charge in [-0.05, 0) is 16.9 Å². The van der Waals surface area contributed by atoms with Crippen LogP contribution in [-0.2, 0) is 0 Å². The maximum Gasteiger partial charge on any atom is 0.0442 e. The van der Waals surface area contributed by atoms with E-state index in [1.54, 1.807) is 0 Å². The first-order valence-electron chi connectivity index (χ1n) is 5.31. The van der Waals surface area contributed by atoms with E-state index in [2.05, 4.69) is 52.4 Å². The lowest BCUT2D eigenvalue weighted by atomic mass is 10.1. The first kappa shape index (κ1) is 13.7. The maximum absolute atomic E-state index is 2.46. The van der Waals surface area contributed by atoms with Gasteiger partial charge in [0.05, 0.1) is 0 Å². The van der Waals surface area contributed by atoms with Gasteiger partial charge >= 0.3 is 0 Å². The SMILES string of the molecule is C[Si](C)(C)CCCCCCC=CI. The molecule has 0 heterocycles. The van der Waals surface area contributed by atoms with Gasteiger partial charge in [-0.1, -0.05) is 73.6 Å². The summed E-state index contributed by atoms with van der Waals surface area (Å²) < 4.78 is 2.12. The fraction of sp³-hybridized carbons (Fsp3) is 0.818. The molecule has 78 valence electrons. The highest BCUT2D eigenvalue weighted by atomic mass is 127. The zero-order chi connectivity index (χ0) is 10.2. The third-order valence-corrected chi connectivity index (χ3v) is 4.50. The topological polar surface area (TPSA) is 0 Å². The molecule has 0 nitrogen and oxygen atoms in total. The van der Waals surface area contributed by atoms with Gasteiger partial charge in [0.1, 0.15) is 0 Å². The molecule has 0 aromatic rings. The Morgan fingerprint density at radius 3 is 2.15 bits per heavy atom. The summed E-state index contributed by atoms with van der Waals surface area (Å²) in [5, 5.41) is 0. The van der Waals surface area contributed by atoms with Crippen LogP contribution >= 0.6 is 22.6 Å². The predicted octanol–water partition coefficient (Wildman–Crippen LogP) is 5.22. The summed E-state index contributed by atoms with van der Waals surface area (Å²) in [6.07, 6.45) is 9.24. The third-order valence-electron chi connectivity index (χ3n) is 2.14. The lowest BCUT2D eigenvalue weighted by molar-refractivity contribution is 0.671. The van der Waals surface area contributed by atoms with E-state index in [1.807, 2.05) is 0 Å². The van der Waals surface area contributed by atoms with E-state index in [1.165, 1.54) is 38.1 Å². The molecule has 0 aromatic heterocycles. The van der Waals surface area contributed by atoms with Crippen LogP contribution in [0.25, 0.3) is 0 Å². The van der Waals surface area contributed by atoms with E-state index < -0.39 is 8.07 Å². The largest absolute Gasteiger partial charge is 0.0785 e. The van der Waals surface area contributed by atoms with Crippen molar-refractivity contribution in [2.45, 2.75) is 57.8 Å². The second-order valence-corrected chi connectivity index (χ2v) is 11.2. The zero-order valence-electron chi connectivity index (χ0n) is 9.28. The third kappa shape index (κ3) is 12.7. The minimum atomic E-state index is -0.748. The molecule has 2 heteroatoms. The molecule has 0 aliphatic heterocycles. The maximum atomic E-state index is 2.46. The average Bonchev–Trinajstić information content (AvgIpc) is 2.01. The molecular formula is C11H23ISi. The van der Waals surface area contributed by atoms with Gasteiger partial charge in [0, 0.05) is 8.07 Å². The predicted molar refractivity (Wildman–Crippen MR) is 74.4 cm³/mol. The Bertz CT molecular complexity index is 136. The number of hydrogen-bond acceptors (Lipinski definition) is 0. The quantitative estimate of drug-likeness (QED) is 0.343. The molecule has 0 bridgehead atoms. The Labute approximate surface area is 98.3 Å². The number of hydrogen-bond donors (Lipinski definition) is 0. The van der Waals surface area contributed by atoms with Crippen LogP contribution in [0.3, 0.4) is 0 Å². The molecule has 0 rings (SSSR count). The lowest BCUT2D eigenvalue weighted by Gasteiger charge is -2.14. The van der Waals surface area contributed by atoms with E-state index in [9.17, 15) is 0 Å². The van der Waals surface area contributed by atoms with Crippen molar-refractivity contribution in [2.75, 3.05) is 0 Å².